The molecule has 0 bridgehead atoms. The Bertz CT molecular complexity index is 1250. The number of rotatable bonds is 10. The maximum absolute atomic E-state index is 5.99. The zero-order valence-corrected chi connectivity index (χ0v) is 20.4. The van der Waals surface area contributed by atoms with Crippen LogP contribution in [0.15, 0.2) is 35.5 Å². The molecule has 0 amide bonds. The maximum Gasteiger partial charge on any atom is 0.184 e. The second-order valence-corrected chi connectivity index (χ2v) is 8.30. The van der Waals surface area contributed by atoms with Gasteiger partial charge in [0.15, 0.2) is 17.6 Å². The molecular weight excluding hydrogens is 430 g/mol. The fourth-order valence-corrected chi connectivity index (χ4v) is 3.95. The van der Waals surface area contributed by atoms with E-state index >= 15 is 0 Å². The van der Waals surface area contributed by atoms with Gasteiger partial charge in [0, 0.05) is 34.1 Å². The number of benzene rings is 2. The third-order valence-corrected chi connectivity index (χ3v) is 5.56. The molecule has 2 aromatic carbocycles. The number of fused-ring (bicyclic) bond motifs is 5. The summed E-state index contributed by atoms with van der Waals surface area (Å²) >= 11 is 0. The highest BCUT2D eigenvalue weighted by atomic mass is 16.6. The van der Waals surface area contributed by atoms with Crippen LogP contribution in [0, 0.1) is 12.3 Å². The summed E-state index contributed by atoms with van der Waals surface area (Å²) < 4.78 is 17.7. The number of terminal acetylenes is 1. The Morgan fingerprint density at radius 2 is 1.74 bits per heavy atom. The molecule has 0 fully saturated rings. The first-order valence-corrected chi connectivity index (χ1v) is 11.5. The standard InChI is InChI=1S/C27H31N3O4/c1-7-17(4)34-29-27-20-16-24(32-9-3)23(31-8-2)15-19(20)26-25(27)21-14-18(10-11-22(21)28-26)33-13-12-30(5)6/h1,10-11,14-17,28H,8-9,12-13H2,2-6H3/b29-27-. The number of hydrogen-bond acceptors (Lipinski definition) is 6. The van der Waals surface area contributed by atoms with Gasteiger partial charge in [0.1, 0.15) is 18.1 Å². The largest absolute Gasteiger partial charge is 0.492 e. The average Bonchev–Trinajstić information content (AvgIpc) is 3.32. The molecule has 1 aliphatic carbocycles. The summed E-state index contributed by atoms with van der Waals surface area (Å²) in [7, 11) is 4.05. The van der Waals surface area contributed by atoms with Gasteiger partial charge in [-0.05, 0) is 65.2 Å². The van der Waals surface area contributed by atoms with Crippen molar-refractivity contribution in [3.8, 4) is 40.8 Å². The van der Waals surface area contributed by atoms with Crippen molar-refractivity contribution in [1.82, 2.24) is 9.88 Å². The van der Waals surface area contributed by atoms with Crippen molar-refractivity contribution in [3.63, 3.8) is 0 Å². The maximum atomic E-state index is 5.99. The summed E-state index contributed by atoms with van der Waals surface area (Å²) in [5, 5.41) is 5.50. The number of nitrogens with zero attached hydrogens (tertiary/aromatic N) is 2. The van der Waals surface area contributed by atoms with E-state index in [0.717, 1.165) is 45.6 Å². The molecule has 4 rings (SSSR count). The van der Waals surface area contributed by atoms with Gasteiger partial charge in [-0.15, -0.1) is 6.42 Å². The van der Waals surface area contributed by atoms with E-state index in [0.29, 0.717) is 37.0 Å². The van der Waals surface area contributed by atoms with E-state index in [4.69, 9.17) is 25.5 Å². The van der Waals surface area contributed by atoms with Crippen LogP contribution < -0.4 is 14.2 Å². The average molecular weight is 462 g/mol. The molecule has 7 heteroatoms. The number of likely N-dealkylation sites (N-methyl/N-ethyl adjacent to an activating group) is 1. The fourth-order valence-electron chi connectivity index (χ4n) is 3.95. The number of hydrogen-bond donors (Lipinski definition) is 1. The van der Waals surface area contributed by atoms with Crippen LogP contribution in [-0.4, -0.2) is 62.2 Å². The Hall–Kier alpha value is -3.63. The minimum atomic E-state index is -0.454. The highest BCUT2D eigenvalue weighted by Crippen LogP contribution is 2.46. The second kappa shape index (κ2) is 10.1. The highest BCUT2D eigenvalue weighted by Gasteiger charge is 2.32. The predicted molar refractivity (Wildman–Crippen MR) is 135 cm³/mol. The number of aromatic amines is 1. The zero-order valence-electron chi connectivity index (χ0n) is 20.4. The lowest BCUT2D eigenvalue weighted by atomic mass is 10.1. The third kappa shape index (κ3) is 4.55. The molecule has 0 saturated heterocycles. The first kappa shape index (κ1) is 23.5. The minimum absolute atomic E-state index is 0.454. The van der Waals surface area contributed by atoms with Gasteiger partial charge in [-0.1, -0.05) is 11.1 Å². The molecule has 7 nitrogen and oxygen atoms in total. The van der Waals surface area contributed by atoms with Gasteiger partial charge in [0.05, 0.1) is 18.9 Å². The summed E-state index contributed by atoms with van der Waals surface area (Å²) in [4.78, 5) is 11.3. The van der Waals surface area contributed by atoms with Crippen molar-refractivity contribution in [2.45, 2.75) is 26.9 Å². The van der Waals surface area contributed by atoms with Gasteiger partial charge < -0.3 is 28.9 Å². The van der Waals surface area contributed by atoms with Crippen molar-refractivity contribution in [3.05, 3.63) is 41.5 Å². The van der Waals surface area contributed by atoms with Crippen molar-refractivity contribution < 1.29 is 19.0 Å². The quantitative estimate of drug-likeness (QED) is 0.274. The second-order valence-electron chi connectivity index (χ2n) is 8.30. The number of ether oxygens (including phenoxy) is 3. The van der Waals surface area contributed by atoms with Crippen molar-refractivity contribution in [2.75, 3.05) is 40.5 Å². The lowest BCUT2D eigenvalue weighted by Gasteiger charge is -2.14. The van der Waals surface area contributed by atoms with E-state index < -0.39 is 6.10 Å². The van der Waals surface area contributed by atoms with Gasteiger partial charge in [0.2, 0.25) is 0 Å². The molecule has 178 valence electrons. The van der Waals surface area contributed by atoms with Gasteiger partial charge in [0.25, 0.3) is 0 Å². The van der Waals surface area contributed by atoms with Crippen LogP contribution in [0.25, 0.3) is 22.2 Å². The van der Waals surface area contributed by atoms with Crippen LogP contribution in [0.4, 0.5) is 0 Å². The lowest BCUT2D eigenvalue weighted by Crippen LogP contribution is -2.19. The molecule has 1 unspecified atom stereocenters. The lowest BCUT2D eigenvalue weighted by molar-refractivity contribution is 0.113. The summed E-state index contributed by atoms with van der Waals surface area (Å²) in [5.74, 6) is 4.72. The Morgan fingerprint density at radius 1 is 1.03 bits per heavy atom. The molecule has 1 aromatic heterocycles. The summed E-state index contributed by atoms with van der Waals surface area (Å²) in [6.45, 7) is 8.19. The molecule has 0 saturated carbocycles. The van der Waals surface area contributed by atoms with E-state index in [-0.39, 0.29) is 0 Å². The van der Waals surface area contributed by atoms with E-state index in [1.54, 1.807) is 6.92 Å². The highest BCUT2D eigenvalue weighted by molar-refractivity contribution is 6.30. The molecule has 0 spiro atoms. The third-order valence-electron chi connectivity index (χ3n) is 5.56. The smallest absolute Gasteiger partial charge is 0.184 e. The molecule has 1 N–H and O–H groups in total. The molecule has 1 atom stereocenters. The van der Waals surface area contributed by atoms with Crippen molar-refractivity contribution >= 4 is 16.6 Å². The van der Waals surface area contributed by atoms with E-state index in [9.17, 15) is 0 Å². The number of aromatic nitrogens is 1. The molecular formula is C27H31N3O4. The van der Waals surface area contributed by atoms with Crippen LogP contribution in [0.3, 0.4) is 0 Å². The predicted octanol–water partition coefficient (Wildman–Crippen LogP) is 4.68. The normalized spacial score (nSPS) is 14.1. The van der Waals surface area contributed by atoms with Gasteiger partial charge in [-0.25, -0.2) is 0 Å². The summed E-state index contributed by atoms with van der Waals surface area (Å²) in [5.41, 5.74) is 5.47. The summed E-state index contributed by atoms with van der Waals surface area (Å²) in [6.07, 6.45) is 5.06. The van der Waals surface area contributed by atoms with E-state index in [2.05, 4.69) is 21.0 Å². The van der Waals surface area contributed by atoms with Crippen LogP contribution in [0.5, 0.6) is 17.2 Å². The molecule has 34 heavy (non-hydrogen) atoms. The molecule has 3 aromatic rings. The zero-order chi connectivity index (χ0) is 24.2. The van der Waals surface area contributed by atoms with E-state index in [1.165, 1.54) is 0 Å². The monoisotopic (exact) mass is 461 g/mol. The SMILES string of the molecule is C#CC(C)O/N=C1/c2cc(OCC)c(OCC)cc2-c2[nH]c3ccc(OCCN(C)C)cc3c21. The van der Waals surface area contributed by atoms with Crippen molar-refractivity contribution in [2.24, 2.45) is 5.16 Å². The van der Waals surface area contributed by atoms with Gasteiger partial charge in [-0.3, -0.25) is 0 Å². The molecule has 1 aliphatic rings. The molecule has 0 aliphatic heterocycles. The van der Waals surface area contributed by atoms with Crippen LogP contribution in [-0.2, 0) is 4.84 Å². The first-order chi connectivity index (χ1) is 16.5. The number of H-pyrrole nitrogens is 1. The van der Waals surface area contributed by atoms with Gasteiger partial charge >= 0.3 is 0 Å². The molecule has 1 heterocycles. The van der Waals surface area contributed by atoms with Gasteiger partial charge in [-0.2, -0.15) is 0 Å². The van der Waals surface area contributed by atoms with Crippen LogP contribution in [0.1, 0.15) is 31.9 Å². The molecule has 0 radical (unpaired) electrons. The Kier molecular flexibility index (Phi) is 6.99. The number of nitrogens with one attached hydrogen (secondary N) is 1. The van der Waals surface area contributed by atoms with Crippen molar-refractivity contribution in [1.29, 1.82) is 0 Å². The van der Waals surface area contributed by atoms with Crippen LogP contribution in [0.2, 0.25) is 0 Å². The minimum Gasteiger partial charge on any atom is -0.492 e. The Labute approximate surface area is 200 Å². The topological polar surface area (TPSA) is 68.3 Å². The Balaban J connectivity index is 1.85. The first-order valence-electron chi connectivity index (χ1n) is 11.5. The fraction of sp³-hybridized carbons (Fsp3) is 0.370. The number of oxime groups is 1. The van der Waals surface area contributed by atoms with Crippen LogP contribution >= 0.6 is 0 Å². The van der Waals surface area contributed by atoms with E-state index in [1.807, 2.05) is 58.3 Å². The summed E-state index contributed by atoms with van der Waals surface area (Å²) in [6, 6.07) is 10.0. The Morgan fingerprint density at radius 3 is 2.38 bits per heavy atom.